The zero-order valence-electron chi connectivity index (χ0n) is 10.5. The molecule has 0 bridgehead atoms. The minimum Gasteiger partial charge on any atom is -0.381 e. The summed E-state index contributed by atoms with van der Waals surface area (Å²) in [7, 11) is 0.700. The lowest BCUT2D eigenvalue weighted by Crippen LogP contribution is -2.24. The number of ether oxygens (including phenoxy) is 3. The van der Waals surface area contributed by atoms with Gasteiger partial charge in [-0.2, -0.15) is 0 Å². The van der Waals surface area contributed by atoms with Gasteiger partial charge in [0.15, 0.2) is 0 Å². The lowest BCUT2D eigenvalue weighted by Gasteiger charge is -2.15. The van der Waals surface area contributed by atoms with E-state index in [-0.39, 0.29) is 5.91 Å². The monoisotopic (exact) mass is 247 g/mol. The van der Waals surface area contributed by atoms with Crippen molar-refractivity contribution < 1.29 is 14.2 Å². The maximum atomic E-state index is 5.46. The molecule has 96 valence electrons. The van der Waals surface area contributed by atoms with Crippen LogP contribution < -0.4 is 5.73 Å². The number of hydrogen-bond acceptors (Lipinski definition) is 4. The molecule has 0 aliphatic carbocycles. The molecular weight excluding hydrogens is 222 g/mol. The largest absolute Gasteiger partial charge is 0.381 e. The molecule has 0 atom stereocenters. The predicted octanol–water partition coefficient (Wildman–Crippen LogP) is 1.22. The first-order valence-corrected chi connectivity index (χ1v) is 7.38. The number of nitrogens with two attached hydrogens (primary N) is 1. The Bertz CT molecular complexity index is 132. The summed E-state index contributed by atoms with van der Waals surface area (Å²) in [6, 6.07) is 1.10. The van der Waals surface area contributed by atoms with Gasteiger partial charge in [0.2, 0.25) is 0 Å². The van der Waals surface area contributed by atoms with Crippen LogP contribution in [0, 0.1) is 0 Å². The molecule has 0 aliphatic rings. The number of rotatable bonds is 12. The number of hydrogen-bond donors (Lipinski definition) is 1. The Morgan fingerprint density at radius 2 is 1.69 bits per heavy atom. The van der Waals surface area contributed by atoms with Crippen LogP contribution in [0.2, 0.25) is 6.04 Å². The molecule has 0 aromatic rings. The van der Waals surface area contributed by atoms with Crippen LogP contribution in [0.3, 0.4) is 0 Å². The van der Waals surface area contributed by atoms with Crippen LogP contribution in [0.25, 0.3) is 0 Å². The molecule has 4 nitrogen and oxygen atoms in total. The molecule has 0 amide bonds. The van der Waals surface area contributed by atoms with Crippen molar-refractivity contribution in [3.8, 4) is 0 Å². The summed E-state index contributed by atoms with van der Waals surface area (Å²) >= 11 is 0. The predicted molar refractivity (Wildman–Crippen MR) is 66.7 cm³/mol. The molecule has 0 fully saturated rings. The third-order valence-electron chi connectivity index (χ3n) is 1.91. The molecule has 0 saturated carbocycles. The Morgan fingerprint density at radius 3 is 2.25 bits per heavy atom. The van der Waals surface area contributed by atoms with E-state index in [0.717, 1.165) is 32.1 Å². The fraction of sp³-hybridized carbons (Fsp3) is 1.00. The summed E-state index contributed by atoms with van der Waals surface area (Å²) in [5, 5.41) is 0. The minimum atomic E-state index is -0.0148. The maximum Gasteiger partial charge on any atom is 0.137 e. The molecule has 0 unspecified atom stereocenters. The second-order valence-electron chi connectivity index (χ2n) is 3.30. The highest BCUT2D eigenvalue weighted by Crippen LogP contribution is 1.99. The van der Waals surface area contributed by atoms with E-state index in [1.807, 2.05) is 13.8 Å². The molecule has 0 aliphatic heterocycles. The van der Waals surface area contributed by atoms with Gasteiger partial charge in [-0.1, -0.05) is 6.04 Å². The molecule has 2 radical (unpaired) electrons. The van der Waals surface area contributed by atoms with E-state index in [9.17, 15) is 0 Å². The SMILES string of the molecule is CCOC(OCC)[Si]CCCOCCCN. The third kappa shape index (κ3) is 10.6. The molecule has 0 saturated heterocycles. The highest BCUT2D eigenvalue weighted by Gasteiger charge is 2.07. The zero-order valence-corrected chi connectivity index (χ0v) is 11.5. The van der Waals surface area contributed by atoms with E-state index < -0.39 is 0 Å². The van der Waals surface area contributed by atoms with Crippen LogP contribution in [0.4, 0.5) is 0 Å². The van der Waals surface area contributed by atoms with Crippen LogP contribution in [0.15, 0.2) is 0 Å². The van der Waals surface area contributed by atoms with Gasteiger partial charge < -0.3 is 19.9 Å². The van der Waals surface area contributed by atoms with Crippen molar-refractivity contribution in [3.05, 3.63) is 0 Å². The minimum absolute atomic E-state index is 0.0148. The van der Waals surface area contributed by atoms with Gasteiger partial charge >= 0.3 is 0 Å². The van der Waals surface area contributed by atoms with Crippen molar-refractivity contribution in [3.63, 3.8) is 0 Å². The molecular formula is C11H25NO3Si. The quantitative estimate of drug-likeness (QED) is 0.320. The Balaban J connectivity index is 3.25. The van der Waals surface area contributed by atoms with Crippen molar-refractivity contribution in [1.82, 2.24) is 0 Å². The highest BCUT2D eigenvalue weighted by atomic mass is 28.2. The third-order valence-corrected chi connectivity index (χ3v) is 3.21. The first-order valence-electron chi connectivity index (χ1n) is 6.09. The van der Waals surface area contributed by atoms with Crippen molar-refractivity contribution in [2.75, 3.05) is 33.0 Å². The fourth-order valence-corrected chi connectivity index (χ4v) is 2.30. The fourth-order valence-electron chi connectivity index (χ4n) is 1.15. The first-order chi connectivity index (χ1) is 7.85. The van der Waals surface area contributed by atoms with Crippen LogP contribution in [-0.4, -0.2) is 48.4 Å². The zero-order chi connectivity index (χ0) is 12.1. The first kappa shape index (κ1) is 16.1. The Morgan fingerprint density at radius 1 is 1.06 bits per heavy atom. The van der Waals surface area contributed by atoms with E-state index in [4.69, 9.17) is 19.9 Å². The van der Waals surface area contributed by atoms with Gasteiger partial charge in [0, 0.05) is 26.4 Å². The van der Waals surface area contributed by atoms with Crippen LogP contribution >= 0.6 is 0 Å². The average molecular weight is 247 g/mol. The van der Waals surface area contributed by atoms with Crippen molar-refractivity contribution in [2.24, 2.45) is 5.73 Å². The Labute approximate surface area is 102 Å². The normalized spacial score (nSPS) is 11.2. The average Bonchev–Trinajstić information content (AvgIpc) is 2.28. The standard InChI is InChI=1S/C11H25NO3Si/c1-3-14-11(15-4-2)16-10-6-9-13-8-5-7-12/h11H,3-10,12H2,1-2H3. The van der Waals surface area contributed by atoms with Gasteiger partial charge in [-0.25, -0.2) is 0 Å². The van der Waals surface area contributed by atoms with E-state index >= 15 is 0 Å². The highest BCUT2D eigenvalue weighted by molar-refractivity contribution is 6.36. The van der Waals surface area contributed by atoms with Crippen molar-refractivity contribution >= 4 is 9.52 Å². The second kappa shape index (κ2) is 13.1. The molecule has 2 N–H and O–H groups in total. The van der Waals surface area contributed by atoms with E-state index in [2.05, 4.69) is 0 Å². The Hall–Kier alpha value is 0.0569. The summed E-state index contributed by atoms with van der Waals surface area (Å²) in [4.78, 5) is 0. The molecule has 16 heavy (non-hydrogen) atoms. The topological polar surface area (TPSA) is 53.7 Å². The summed E-state index contributed by atoms with van der Waals surface area (Å²) < 4.78 is 16.3. The lowest BCUT2D eigenvalue weighted by atomic mass is 10.4. The Kier molecular flexibility index (Phi) is 13.2. The molecule has 0 heterocycles. The molecule has 0 spiro atoms. The summed E-state index contributed by atoms with van der Waals surface area (Å²) in [6.07, 6.45) is 2.02. The molecule has 0 aromatic carbocycles. The lowest BCUT2D eigenvalue weighted by molar-refractivity contribution is -0.0828. The summed E-state index contributed by atoms with van der Waals surface area (Å²) in [5.74, 6) is -0.0148. The molecule has 0 aromatic heterocycles. The van der Waals surface area contributed by atoms with Gasteiger partial charge in [-0.15, -0.1) is 0 Å². The van der Waals surface area contributed by atoms with E-state index in [0.29, 0.717) is 29.3 Å². The second-order valence-corrected chi connectivity index (χ2v) is 4.68. The summed E-state index contributed by atoms with van der Waals surface area (Å²) in [6.45, 7) is 7.71. The maximum absolute atomic E-state index is 5.46. The summed E-state index contributed by atoms with van der Waals surface area (Å²) in [5.41, 5.74) is 5.36. The van der Waals surface area contributed by atoms with E-state index in [1.165, 1.54) is 0 Å². The molecule has 5 heteroatoms. The molecule has 0 rings (SSSR count). The van der Waals surface area contributed by atoms with E-state index in [1.54, 1.807) is 0 Å². The van der Waals surface area contributed by atoms with Crippen LogP contribution in [0.1, 0.15) is 26.7 Å². The van der Waals surface area contributed by atoms with Crippen molar-refractivity contribution in [2.45, 2.75) is 38.6 Å². The van der Waals surface area contributed by atoms with Crippen molar-refractivity contribution in [1.29, 1.82) is 0 Å². The van der Waals surface area contributed by atoms with Gasteiger partial charge in [0.1, 0.15) is 15.4 Å². The van der Waals surface area contributed by atoms with Gasteiger partial charge in [-0.3, -0.25) is 0 Å². The van der Waals surface area contributed by atoms with Gasteiger partial charge in [0.25, 0.3) is 0 Å². The van der Waals surface area contributed by atoms with Crippen LogP contribution in [-0.2, 0) is 14.2 Å². The van der Waals surface area contributed by atoms with Gasteiger partial charge in [0.05, 0.1) is 0 Å². The van der Waals surface area contributed by atoms with Crippen LogP contribution in [0.5, 0.6) is 0 Å². The van der Waals surface area contributed by atoms with Gasteiger partial charge in [-0.05, 0) is 33.2 Å². The smallest absolute Gasteiger partial charge is 0.137 e.